The number of rotatable bonds is 6. The first kappa shape index (κ1) is 19.8. The zero-order chi connectivity index (χ0) is 21.4. The first-order chi connectivity index (χ1) is 15.1. The molecule has 2 aromatic carbocycles. The number of fused-ring (bicyclic) bond motifs is 2. The van der Waals surface area contributed by atoms with E-state index in [1.165, 1.54) is 18.4 Å². The van der Waals surface area contributed by atoms with Gasteiger partial charge in [-0.25, -0.2) is 4.98 Å². The minimum Gasteiger partial charge on any atom is -0.489 e. The van der Waals surface area contributed by atoms with Crippen LogP contribution in [0, 0.1) is 11.8 Å². The smallest absolute Gasteiger partial charge is 0.252 e. The molecule has 2 unspecified atom stereocenters. The van der Waals surface area contributed by atoms with Gasteiger partial charge >= 0.3 is 0 Å². The number of nitrogens with zero attached hydrogens (tertiary/aromatic N) is 3. The summed E-state index contributed by atoms with van der Waals surface area (Å²) >= 11 is 0. The maximum Gasteiger partial charge on any atom is 0.252 e. The number of primary amides is 1. The molecule has 0 spiro atoms. The van der Waals surface area contributed by atoms with Crippen molar-refractivity contribution in [3.8, 4) is 17.0 Å². The highest BCUT2D eigenvalue weighted by molar-refractivity contribution is 5.97. The van der Waals surface area contributed by atoms with Crippen LogP contribution in [0.3, 0.4) is 0 Å². The summed E-state index contributed by atoms with van der Waals surface area (Å²) in [4.78, 5) is 19.1. The number of piperidine rings is 1. The summed E-state index contributed by atoms with van der Waals surface area (Å²) in [5, 5.41) is 0. The fraction of sp³-hybridized carbons (Fsp3) is 0.360. The Bertz CT molecular complexity index is 1060. The Hall–Kier alpha value is -3.12. The number of benzene rings is 2. The number of nitrogens with two attached hydrogens (primary N) is 1. The zero-order valence-corrected chi connectivity index (χ0v) is 17.8. The van der Waals surface area contributed by atoms with Crippen LogP contribution in [-0.2, 0) is 13.6 Å². The van der Waals surface area contributed by atoms with Gasteiger partial charge in [-0.2, -0.15) is 0 Å². The van der Waals surface area contributed by atoms with Crippen LogP contribution in [0.1, 0.15) is 28.8 Å². The number of hydrogen-bond donors (Lipinski definition) is 1. The number of aryl methyl sites for hydroxylation is 1. The van der Waals surface area contributed by atoms with Gasteiger partial charge < -0.3 is 15.0 Å². The van der Waals surface area contributed by atoms with E-state index in [-0.39, 0.29) is 6.10 Å². The van der Waals surface area contributed by atoms with Gasteiger partial charge in [-0.05, 0) is 36.6 Å². The molecular formula is C25H28N4O2. The lowest BCUT2D eigenvalue weighted by Gasteiger charge is -2.38. The molecule has 2 bridgehead atoms. The molecule has 6 heteroatoms. The molecule has 0 radical (unpaired) electrons. The SMILES string of the molecule is Cn1cnc(-c2ccc(OC3C4CCC3CN(Cc3ccccc3)C4)c(C(N)=O)c2)c1. The van der Waals surface area contributed by atoms with E-state index in [9.17, 15) is 4.79 Å². The highest BCUT2D eigenvalue weighted by atomic mass is 16.5. The lowest BCUT2D eigenvalue weighted by molar-refractivity contribution is 0.0303. The van der Waals surface area contributed by atoms with Crippen LogP contribution >= 0.6 is 0 Å². The largest absolute Gasteiger partial charge is 0.489 e. The molecule has 1 aliphatic heterocycles. The first-order valence-electron chi connectivity index (χ1n) is 10.9. The summed E-state index contributed by atoms with van der Waals surface area (Å²) in [7, 11) is 1.92. The van der Waals surface area contributed by atoms with Crippen LogP contribution in [0.4, 0.5) is 0 Å². The van der Waals surface area contributed by atoms with Gasteiger partial charge in [0.05, 0.1) is 17.6 Å². The van der Waals surface area contributed by atoms with Crippen LogP contribution in [0.5, 0.6) is 5.75 Å². The van der Waals surface area contributed by atoms with Crippen molar-refractivity contribution in [2.75, 3.05) is 13.1 Å². The van der Waals surface area contributed by atoms with Crippen molar-refractivity contribution in [1.82, 2.24) is 14.5 Å². The van der Waals surface area contributed by atoms with Gasteiger partial charge in [0, 0.05) is 50.3 Å². The number of hydrogen-bond acceptors (Lipinski definition) is 4. The van der Waals surface area contributed by atoms with Crippen LogP contribution in [0.25, 0.3) is 11.3 Å². The normalized spacial score (nSPS) is 23.1. The van der Waals surface area contributed by atoms with Gasteiger partial charge in [-0.1, -0.05) is 30.3 Å². The van der Waals surface area contributed by atoms with E-state index in [1.807, 2.05) is 29.9 Å². The van der Waals surface area contributed by atoms with Crippen molar-refractivity contribution in [3.05, 3.63) is 72.2 Å². The Kier molecular flexibility index (Phi) is 5.24. The summed E-state index contributed by atoms with van der Waals surface area (Å²) in [5.41, 5.74) is 9.16. The Labute approximate surface area is 182 Å². The molecule has 5 rings (SSSR count). The second-order valence-electron chi connectivity index (χ2n) is 8.86. The molecule has 1 aliphatic carbocycles. The second kappa shape index (κ2) is 8.19. The second-order valence-corrected chi connectivity index (χ2v) is 8.86. The molecule has 1 saturated carbocycles. The standard InChI is InChI=1S/C25H28N4O2/c1-28-15-22(27-16-28)18-9-10-23(21(11-18)25(26)30)31-24-19-7-8-20(24)14-29(13-19)12-17-5-3-2-4-6-17/h2-6,9-11,15-16,19-20,24H,7-8,12-14H2,1H3,(H2,26,30). The maximum atomic E-state index is 12.2. The van der Waals surface area contributed by atoms with Gasteiger partial charge in [-0.3, -0.25) is 9.69 Å². The van der Waals surface area contributed by atoms with E-state index in [2.05, 4.69) is 40.2 Å². The van der Waals surface area contributed by atoms with Crippen molar-refractivity contribution in [2.45, 2.75) is 25.5 Å². The fourth-order valence-electron chi connectivity index (χ4n) is 5.13. The highest BCUT2D eigenvalue weighted by Crippen LogP contribution is 2.40. The number of amides is 1. The van der Waals surface area contributed by atoms with Crippen LogP contribution < -0.4 is 10.5 Å². The average Bonchev–Trinajstić information content (AvgIpc) is 3.29. The number of imidazole rings is 1. The monoisotopic (exact) mass is 416 g/mol. The van der Waals surface area contributed by atoms with Gasteiger partial charge in [0.1, 0.15) is 11.9 Å². The molecule has 2 heterocycles. The minimum absolute atomic E-state index is 0.130. The molecular weight excluding hydrogens is 388 g/mol. The quantitative estimate of drug-likeness (QED) is 0.668. The summed E-state index contributed by atoms with van der Waals surface area (Å²) in [6.45, 7) is 3.02. The van der Waals surface area contributed by atoms with Gasteiger partial charge in [0.25, 0.3) is 5.91 Å². The lowest BCUT2D eigenvalue weighted by atomic mass is 9.94. The highest BCUT2D eigenvalue weighted by Gasteiger charge is 2.43. The predicted molar refractivity (Wildman–Crippen MR) is 120 cm³/mol. The third kappa shape index (κ3) is 4.08. The molecule has 31 heavy (non-hydrogen) atoms. The van der Waals surface area contributed by atoms with Gasteiger partial charge in [0.2, 0.25) is 0 Å². The lowest BCUT2D eigenvalue weighted by Crippen LogP contribution is -2.46. The summed E-state index contributed by atoms with van der Waals surface area (Å²) in [6, 6.07) is 16.3. The van der Waals surface area contributed by atoms with E-state index < -0.39 is 5.91 Å². The summed E-state index contributed by atoms with van der Waals surface area (Å²) in [6.07, 6.45) is 6.12. The fourth-order valence-corrected chi connectivity index (χ4v) is 5.13. The predicted octanol–water partition coefficient (Wildman–Crippen LogP) is 3.48. The molecule has 1 saturated heterocycles. The van der Waals surface area contributed by atoms with E-state index >= 15 is 0 Å². The molecule has 6 nitrogen and oxygen atoms in total. The van der Waals surface area contributed by atoms with Crippen molar-refractivity contribution in [2.24, 2.45) is 24.6 Å². The van der Waals surface area contributed by atoms with Crippen molar-refractivity contribution in [1.29, 1.82) is 0 Å². The average molecular weight is 417 g/mol. The van der Waals surface area contributed by atoms with Crippen LogP contribution in [0.15, 0.2) is 61.1 Å². The molecule has 160 valence electrons. The Balaban J connectivity index is 1.32. The zero-order valence-electron chi connectivity index (χ0n) is 17.8. The number of likely N-dealkylation sites (tertiary alicyclic amines) is 1. The Morgan fingerprint density at radius 2 is 1.87 bits per heavy atom. The first-order valence-corrected chi connectivity index (χ1v) is 10.9. The molecule has 3 aromatic rings. The third-order valence-corrected chi connectivity index (χ3v) is 6.58. The summed E-state index contributed by atoms with van der Waals surface area (Å²) < 4.78 is 8.36. The molecule has 1 amide bonds. The van der Waals surface area contributed by atoms with E-state index in [0.29, 0.717) is 23.1 Å². The topological polar surface area (TPSA) is 73.4 Å². The van der Waals surface area contributed by atoms with Gasteiger partial charge in [0.15, 0.2) is 0 Å². The van der Waals surface area contributed by atoms with E-state index in [4.69, 9.17) is 10.5 Å². The van der Waals surface area contributed by atoms with Crippen molar-refractivity contribution >= 4 is 5.91 Å². The summed E-state index contributed by atoms with van der Waals surface area (Å²) in [5.74, 6) is 1.06. The molecule has 2 atom stereocenters. The van der Waals surface area contributed by atoms with E-state index in [0.717, 1.165) is 30.9 Å². The van der Waals surface area contributed by atoms with Crippen molar-refractivity contribution in [3.63, 3.8) is 0 Å². The molecule has 1 aromatic heterocycles. The minimum atomic E-state index is -0.471. The van der Waals surface area contributed by atoms with Crippen LogP contribution in [-0.4, -0.2) is 39.6 Å². The number of ether oxygens (including phenoxy) is 1. The number of aromatic nitrogens is 2. The number of carbonyl (C=O) groups is 1. The number of carbonyl (C=O) groups excluding carboxylic acids is 1. The maximum absolute atomic E-state index is 12.2. The third-order valence-electron chi connectivity index (χ3n) is 6.58. The van der Waals surface area contributed by atoms with Gasteiger partial charge in [-0.15, -0.1) is 0 Å². The molecule has 2 aliphatic rings. The van der Waals surface area contributed by atoms with Crippen LogP contribution in [0.2, 0.25) is 0 Å². The van der Waals surface area contributed by atoms with E-state index in [1.54, 1.807) is 12.4 Å². The molecule has 2 fully saturated rings. The Morgan fingerprint density at radius 3 is 2.52 bits per heavy atom. The molecule has 2 N–H and O–H groups in total. The Morgan fingerprint density at radius 1 is 1.13 bits per heavy atom. The van der Waals surface area contributed by atoms with Crippen molar-refractivity contribution < 1.29 is 9.53 Å².